The molecule has 1 aliphatic carbocycles. The highest BCUT2D eigenvalue weighted by Crippen LogP contribution is 2.35. The smallest absolute Gasteiger partial charge is 0.246 e. The molecule has 1 heterocycles. The molecule has 0 radical (unpaired) electrons. The molecule has 1 saturated carbocycles. The Morgan fingerprint density at radius 3 is 3.10 bits per heavy atom. The third-order valence-electron chi connectivity index (χ3n) is 2.58. The fraction of sp³-hybridized carbons (Fsp3) is 0.857. The van der Waals surface area contributed by atoms with Gasteiger partial charge in [-0.2, -0.15) is 0 Å². The Hall–Kier alpha value is -0.570. The van der Waals surface area contributed by atoms with Gasteiger partial charge in [0.1, 0.15) is 0 Å². The van der Waals surface area contributed by atoms with E-state index in [0.717, 1.165) is 24.3 Å². The van der Waals surface area contributed by atoms with E-state index >= 15 is 0 Å². The summed E-state index contributed by atoms with van der Waals surface area (Å²) in [6, 6.07) is 0.145. The number of hydroxylamine groups is 2. The maximum atomic E-state index is 10.9. The highest BCUT2D eigenvalue weighted by Gasteiger charge is 2.37. The van der Waals surface area contributed by atoms with Gasteiger partial charge in [0, 0.05) is 6.42 Å². The van der Waals surface area contributed by atoms with Crippen LogP contribution in [0.15, 0.2) is 0 Å². The summed E-state index contributed by atoms with van der Waals surface area (Å²) in [6.07, 6.45) is 3.69. The van der Waals surface area contributed by atoms with Crippen molar-refractivity contribution in [3.8, 4) is 0 Å². The summed E-state index contributed by atoms with van der Waals surface area (Å²) < 4.78 is 0. The Balaban J connectivity index is 2.17. The maximum absolute atomic E-state index is 10.9. The van der Waals surface area contributed by atoms with E-state index < -0.39 is 0 Å². The number of amides is 1. The quantitative estimate of drug-likeness (QED) is 0.506. The molecule has 2 unspecified atom stereocenters. The molecule has 10 heavy (non-hydrogen) atoms. The summed E-state index contributed by atoms with van der Waals surface area (Å²) in [6.45, 7) is 0. The standard InChI is InChI=1S/C7H11NO2/c9-7-4-5-1-2-6(3-5)8(7)10/h5-6,10H,1-4H2. The number of piperidine rings is 1. The Morgan fingerprint density at radius 2 is 2.30 bits per heavy atom. The lowest BCUT2D eigenvalue weighted by Crippen LogP contribution is -2.39. The van der Waals surface area contributed by atoms with E-state index in [9.17, 15) is 4.79 Å². The third-order valence-corrected chi connectivity index (χ3v) is 2.58. The van der Waals surface area contributed by atoms with Crippen molar-refractivity contribution in [3.05, 3.63) is 0 Å². The molecule has 2 rings (SSSR count). The van der Waals surface area contributed by atoms with E-state index in [1.54, 1.807) is 0 Å². The normalized spacial score (nSPS) is 38.9. The Morgan fingerprint density at radius 1 is 1.50 bits per heavy atom. The molecule has 3 heteroatoms. The molecule has 2 fully saturated rings. The zero-order valence-corrected chi connectivity index (χ0v) is 5.79. The van der Waals surface area contributed by atoms with Gasteiger partial charge in [-0.15, -0.1) is 0 Å². The molecule has 0 aromatic rings. The Bertz CT molecular complexity index is 169. The molecule has 56 valence electrons. The van der Waals surface area contributed by atoms with Gasteiger partial charge in [0.15, 0.2) is 0 Å². The molecular formula is C7H11NO2. The average Bonchev–Trinajstić information content (AvgIpc) is 2.29. The van der Waals surface area contributed by atoms with E-state index in [-0.39, 0.29) is 11.9 Å². The van der Waals surface area contributed by atoms with Crippen LogP contribution >= 0.6 is 0 Å². The number of carbonyl (C=O) groups excluding carboxylic acids is 1. The van der Waals surface area contributed by atoms with Crippen molar-refractivity contribution in [2.24, 2.45) is 5.92 Å². The number of carbonyl (C=O) groups is 1. The molecule has 1 N–H and O–H groups in total. The van der Waals surface area contributed by atoms with Gasteiger partial charge >= 0.3 is 0 Å². The molecule has 2 atom stereocenters. The summed E-state index contributed by atoms with van der Waals surface area (Å²) >= 11 is 0. The van der Waals surface area contributed by atoms with Crippen LogP contribution in [0.25, 0.3) is 0 Å². The van der Waals surface area contributed by atoms with Gasteiger partial charge in [0.05, 0.1) is 6.04 Å². The van der Waals surface area contributed by atoms with Crippen molar-refractivity contribution >= 4 is 5.91 Å². The Labute approximate surface area is 59.6 Å². The number of hydrogen-bond acceptors (Lipinski definition) is 2. The van der Waals surface area contributed by atoms with Crippen molar-refractivity contribution < 1.29 is 10.0 Å². The van der Waals surface area contributed by atoms with Crippen molar-refractivity contribution in [1.82, 2.24) is 5.06 Å². The largest absolute Gasteiger partial charge is 0.286 e. The molecule has 1 aliphatic heterocycles. The molecule has 0 aromatic carbocycles. The van der Waals surface area contributed by atoms with Crippen LogP contribution in [-0.2, 0) is 4.79 Å². The molecule has 0 aromatic heterocycles. The monoisotopic (exact) mass is 141 g/mol. The highest BCUT2D eigenvalue weighted by atomic mass is 16.5. The van der Waals surface area contributed by atoms with Crippen molar-refractivity contribution in [2.45, 2.75) is 31.7 Å². The zero-order valence-electron chi connectivity index (χ0n) is 5.79. The van der Waals surface area contributed by atoms with Gasteiger partial charge in [-0.05, 0) is 25.2 Å². The fourth-order valence-corrected chi connectivity index (χ4v) is 2.00. The van der Waals surface area contributed by atoms with E-state index in [2.05, 4.69) is 0 Å². The minimum Gasteiger partial charge on any atom is -0.286 e. The number of rotatable bonds is 0. The summed E-state index contributed by atoms with van der Waals surface area (Å²) in [7, 11) is 0. The summed E-state index contributed by atoms with van der Waals surface area (Å²) in [4.78, 5) is 10.9. The first-order valence-electron chi connectivity index (χ1n) is 3.78. The van der Waals surface area contributed by atoms with Crippen LogP contribution in [0.2, 0.25) is 0 Å². The lowest BCUT2D eigenvalue weighted by atomic mass is 10.0. The highest BCUT2D eigenvalue weighted by molar-refractivity contribution is 5.76. The van der Waals surface area contributed by atoms with E-state index in [4.69, 9.17) is 5.21 Å². The summed E-state index contributed by atoms with van der Waals surface area (Å²) in [5.41, 5.74) is 0. The van der Waals surface area contributed by atoms with Gasteiger partial charge in [-0.1, -0.05) is 0 Å². The molecule has 1 saturated heterocycles. The second kappa shape index (κ2) is 1.95. The first-order chi connectivity index (χ1) is 4.77. The Kier molecular flexibility index (Phi) is 1.20. The van der Waals surface area contributed by atoms with Crippen molar-refractivity contribution in [1.29, 1.82) is 0 Å². The van der Waals surface area contributed by atoms with Crippen molar-refractivity contribution in [3.63, 3.8) is 0 Å². The predicted molar refractivity (Wildman–Crippen MR) is 34.4 cm³/mol. The van der Waals surface area contributed by atoms with E-state index in [1.165, 1.54) is 0 Å². The molecule has 0 spiro atoms. The van der Waals surface area contributed by atoms with Crippen molar-refractivity contribution in [2.75, 3.05) is 0 Å². The number of nitrogens with zero attached hydrogens (tertiary/aromatic N) is 1. The van der Waals surface area contributed by atoms with Crippen LogP contribution in [0.1, 0.15) is 25.7 Å². The van der Waals surface area contributed by atoms with Crippen LogP contribution in [-0.4, -0.2) is 22.2 Å². The average molecular weight is 141 g/mol. The van der Waals surface area contributed by atoms with E-state index in [0.29, 0.717) is 12.3 Å². The van der Waals surface area contributed by atoms with Gasteiger partial charge in [0.2, 0.25) is 5.91 Å². The lowest BCUT2D eigenvalue weighted by molar-refractivity contribution is -0.180. The van der Waals surface area contributed by atoms with Crippen LogP contribution < -0.4 is 0 Å². The van der Waals surface area contributed by atoms with Crippen LogP contribution in [0.4, 0.5) is 0 Å². The minimum absolute atomic E-state index is 0.0845. The number of fused-ring (bicyclic) bond motifs is 2. The third kappa shape index (κ3) is 0.736. The molecule has 1 amide bonds. The molecule has 2 aliphatic rings. The SMILES string of the molecule is O=C1CC2CCC(C2)N1O. The zero-order chi connectivity index (χ0) is 7.14. The van der Waals surface area contributed by atoms with Gasteiger partial charge in [0.25, 0.3) is 0 Å². The van der Waals surface area contributed by atoms with Gasteiger partial charge in [-0.3, -0.25) is 10.0 Å². The topological polar surface area (TPSA) is 40.5 Å². The minimum atomic E-state index is -0.0845. The number of hydrogen-bond donors (Lipinski definition) is 1. The fourth-order valence-electron chi connectivity index (χ4n) is 2.00. The molecular weight excluding hydrogens is 130 g/mol. The van der Waals surface area contributed by atoms with Gasteiger partial charge < -0.3 is 0 Å². The predicted octanol–water partition coefficient (Wildman–Crippen LogP) is 0.777. The molecule has 2 bridgehead atoms. The second-order valence-electron chi connectivity index (χ2n) is 3.28. The van der Waals surface area contributed by atoms with E-state index in [1.807, 2.05) is 0 Å². The second-order valence-corrected chi connectivity index (χ2v) is 3.28. The van der Waals surface area contributed by atoms with Crippen LogP contribution in [0.3, 0.4) is 0 Å². The van der Waals surface area contributed by atoms with Gasteiger partial charge in [-0.25, -0.2) is 5.06 Å². The summed E-state index contributed by atoms with van der Waals surface area (Å²) in [5, 5.41) is 10.1. The van der Waals surface area contributed by atoms with Crippen LogP contribution in [0.5, 0.6) is 0 Å². The van der Waals surface area contributed by atoms with Crippen LogP contribution in [0, 0.1) is 5.92 Å². The first kappa shape index (κ1) is 6.16. The maximum Gasteiger partial charge on any atom is 0.246 e. The first-order valence-corrected chi connectivity index (χ1v) is 3.78. The summed E-state index contributed by atoms with van der Waals surface area (Å²) in [5.74, 6) is 0.486. The lowest BCUT2D eigenvalue weighted by Gasteiger charge is -2.26. The molecule has 3 nitrogen and oxygen atoms in total.